The number of amides is 3. The number of hydrogen-bond donors (Lipinski definition) is 2. The summed E-state index contributed by atoms with van der Waals surface area (Å²) in [6.45, 7) is 2.03. The van der Waals surface area contributed by atoms with Crippen LogP contribution in [0.4, 0.5) is 5.69 Å². The Labute approximate surface area is 184 Å². The summed E-state index contributed by atoms with van der Waals surface area (Å²) in [5, 5.41) is 15.8. The van der Waals surface area contributed by atoms with Crippen molar-refractivity contribution in [3.05, 3.63) is 65.2 Å². The first kappa shape index (κ1) is 20.4. The molecule has 0 saturated carbocycles. The van der Waals surface area contributed by atoms with Crippen LogP contribution >= 0.6 is 0 Å². The second-order valence-electron chi connectivity index (χ2n) is 8.87. The highest BCUT2D eigenvalue weighted by Crippen LogP contribution is 2.49. The number of carbonyl (C=O) groups excluding carboxylic acids is 4. The molecule has 5 rings (SSSR count). The van der Waals surface area contributed by atoms with Crippen molar-refractivity contribution in [2.75, 3.05) is 5.32 Å². The number of aryl methyl sites for hydroxylation is 1. The molecule has 0 aromatic heterocycles. The van der Waals surface area contributed by atoms with Gasteiger partial charge in [-0.3, -0.25) is 19.3 Å². The highest BCUT2D eigenvalue weighted by atomic mass is 16.4. The summed E-state index contributed by atoms with van der Waals surface area (Å²) in [6.07, 6.45) is -0.110. The van der Waals surface area contributed by atoms with Gasteiger partial charge in [-0.1, -0.05) is 42.0 Å². The van der Waals surface area contributed by atoms with Gasteiger partial charge in [0.05, 0.1) is 12.2 Å². The van der Waals surface area contributed by atoms with Crippen LogP contribution in [0.25, 0.3) is 0 Å². The Morgan fingerprint density at radius 2 is 1.88 bits per heavy atom. The number of hydrogen-bond acceptors (Lipinski definition) is 5. The summed E-state index contributed by atoms with van der Waals surface area (Å²) in [4.78, 5) is 52.9. The SMILES string of the molecule is Cc1ccc2c(c1)[C@@]1([NH2+][C@@H](CCC(=O)[O-])[C@H]3C(=O)N(Cc4ccccc4)C(=O)[C@H]31)C(=O)N2. The van der Waals surface area contributed by atoms with Crippen molar-refractivity contribution in [2.45, 2.75) is 37.9 Å². The van der Waals surface area contributed by atoms with E-state index < -0.39 is 29.4 Å². The van der Waals surface area contributed by atoms with Crippen molar-refractivity contribution in [1.82, 2.24) is 4.90 Å². The molecule has 0 aliphatic carbocycles. The molecular weight excluding hydrogens is 410 g/mol. The van der Waals surface area contributed by atoms with Crippen molar-refractivity contribution in [3.63, 3.8) is 0 Å². The van der Waals surface area contributed by atoms with Gasteiger partial charge in [0.2, 0.25) is 17.4 Å². The van der Waals surface area contributed by atoms with E-state index in [1.54, 1.807) is 11.4 Å². The molecule has 3 aliphatic rings. The molecule has 3 heterocycles. The van der Waals surface area contributed by atoms with E-state index in [-0.39, 0.29) is 37.1 Å². The van der Waals surface area contributed by atoms with E-state index in [9.17, 15) is 24.3 Å². The molecule has 8 heteroatoms. The molecule has 3 N–H and O–H groups in total. The number of rotatable bonds is 5. The highest BCUT2D eigenvalue weighted by Gasteiger charge is 2.74. The van der Waals surface area contributed by atoms with Crippen LogP contribution < -0.4 is 15.7 Å². The molecule has 4 atom stereocenters. The number of benzene rings is 2. The number of carboxylic acid groups (broad SMARTS) is 1. The number of likely N-dealkylation sites (tertiary alicyclic amines) is 1. The molecule has 164 valence electrons. The fourth-order valence-electron chi connectivity index (χ4n) is 5.61. The molecule has 0 unspecified atom stereocenters. The summed E-state index contributed by atoms with van der Waals surface area (Å²) < 4.78 is 0. The van der Waals surface area contributed by atoms with Gasteiger partial charge in [-0.2, -0.15) is 0 Å². The number of nitrogens with one attached hydrogen (secondary N) is 1. The first-order valence-electron chi connectivity index (χ1n) is 10.7. The standard InChI is InChI=1S/C24H23N3O5/c1-13-7-8-16-15(11-13)24(23(32)25-16)20-19(17(26-24)9-10-18(28)29)21(30)27(22(20)31)12-14-5-3-2-4-6-14/h2-8,11,17,19-20,26H,9-10,12H2,1H3,(H,25,32)(H,28,29)/t17-,19+,20-,24-/m0/s1. The van der Waals surface area contributed by atoms with Gasteiger partial charge >= 0.3 is 0 Å². The maximum Gasteiger partial charge on any atom is 0.291 e. The largest absolute Gasteiger partial charge is 0.550 e. The Morgan fingerprint density at radius 3 is 2.59 bits per heavy atom. The molecule has 0 bridgehead atoms. The Morgan fingerprint density at radius 1 is 1.12 bits per heavy atom. The van der Waals surface area contributed by atoms with Crippen LogP contribution in [0.1, 0.15) is 29.5 Å². The lowest BCUT2D eigenvalue weighted by atomic mass is 9.76. The highest BCUT2D eigenvalue weighted by molar-refractivity contribution is 6.13. The van der Waals surface area contributed by atoms with E-state index >= 15 is 0 Å². The summed E-state index contributed by atoms with van der Waals surface area (Å²) in [7, 11) is 0. The minimum absolute atomic E-state index is 0.122. The lowest BCUT2D eigenvalue weighted by Gasteiger charge is -2.26. The summed E-state index contributed by atoms with van der Waals surface area (Å²) >= 11 is 0. The predicted octanol–water partition coefficient (Wildman–Crippen LogP) is -0.580. The summed E-state index contributed by atoms with van der Waals surface area (Å²) in [5.41, 5.74) is 1.75. The predicted molar refractivity (Wildman–Crippen MR) is 110 cm³/mol. The molecule has 8 nitrogen and oxygen atoms in total. The molecule has 3 aliphatic heterocycles. The number of aliphatic carboxylic acids is 1. The van der Waals surface area contributed by atoms with Crippen molar-refractivity contribution >= 4 is 29.4 Å². The van der Waals surface area contributed by atoms with Gasteiger partial charge < -0.3 is 20.5 Å². The van der Waals surface area contributed by atoms with Crippen LogP contribution in [0.5, 0.6) is 0 Å². The van der Waals surface area contributed by atoms with Crippen molar-refractivity contribution < 1.29 is 29.6 Å². The average Bonchev–Trinajstić information content (AvgIpc) is 3.34. The second kappa shape index (κ2) is 7.27. The van der Waals surface area contributed by atoms with E-state index in [2.05, 4.69) is 5.32 Å². The minimum atomic E-state index is -1.29. The first-order valence-corrected chi connectivity index (χ1v) is 10.7. The van der Waals surface area contributed by atoms with Crippen LogP contribution in [0.2, 0.25) is 0 Å². The monoisotopic (exact) mass is 433 g/mol. The third-order valence-electron chi connectivity index (χ3n) is 6.98. The van der Waals surface area contributed by atoms with Gasteiger partial charge in [-0.25, -0.2) is 0 Å². The van der Waals surface area contributed by atoms with Gasteiger partial charge in [-0.15, -0.1) is 0 Å². The number of fused-ring (bicyclic) bond motifs is 4. The normalized spacial score (nSPS) is 28.2. The summed E-state index contributed by atoms with van der Waals surface area (Å²) in [5.74, 6) is -3.97. The number of carboxylic acids is 1. The van der Waals surface area contributed by atoms with Crippen molar-refractivity contribution in [1.29, 1.82) is 0 Å². The van der Waals surface area contributed by atoms with E-state index in [0.29, 0.717) is 11.3 Å². The number of imide groups is 1. The molecule has 3 amide bonds. The fourth-order valence-corrected chi connectivity index (χ4v) is 5.61. The fraction of sp³-hybridized carbons (Fsp3) is 0.333. The van der Waals surface area contributed by atoms with Crippen molar-refractivity contribution in [2.24, 2.45) is 11.8 Å². The summed E-state index contributed by atoms with van der Waals surface area (Å²) in [6, 6.07) is 14.2. The van der Waals surface area contributed by atoms with E-state index in [4.69, 9.17) is 0 Å². The average molecular weight is 433 g/mol. The zero-order valence-electron chi connectivity index (χ0n) is 17.5. The smallest absolute Gasteiger partial charge is 0.291 e. The van der Waals surface area contributed by atoms with Crippen LogP contribution in [0.3, 0.4) is 0 Å². The zero-order chi connectivity index (χ0) is 22.6. The third kappa shape index (κ3) is 2.86. The van der Waals surface area contributed by atoms with E-state index in [0.717, 1.165) is 11.1 Å². The quantitative estimate of drug-likeness (QED) is 0.611. The Hall–Kier alpha value is -3.52. The Bertz CT molecular complexity index is 1150. The van der Waals surface area contributed by atoms with Crippen LogP contribution in [0, 0.1) is 18.8 Å². The number of quaternary nitrogens is 1. The molecule has 2 aromatic rings. The maximum atomic E-state index is 13.7. The number of nitrogens with zero attached hydrogens (tertiary/aromatic N) is 1. The van der Waals surface area contributed by atoms with Gasteiger partial charge in [0, 0.05) is 18.0 Å². The molecule has 2 aromatic carbocycles. The lowest BCUT2D eigenvalue weighted by Crippen LogP contribution is -2.99. The third-order valence-corrected chi connectivity index (χ3v) is 6.98. The molecule has 1 spiro atoms. The Kier molecular flexibility index (Phi) is 4.63. The molecular formula is C24H23N3O5. The van der Waals surface area contributed by atoms with Crippen LogP contribution in [0.15, 0.2) is 48.5 Å². The molecule has 2 saturated heterocycles. The van der Waals surface area contributed by atoms with Crippen molar-refractivity contribution in [3.8, 4) is 0 Å². The molecule has 2 fully saturated rings. The number of anilines is 1. The minimum Gasteiger partial charge on any atom is -0.550 e. The second-order valence-corrected chi connectivity index (χ2v) is 8.87. The first-order chi connectivity index (χ1) is 15.3. The van der Waals surface area contributed by atoms with Gasteiger partial charge in [-0.05, 0) is 31.0 Å². The Balaban J connectivity index is 1.59. The number of nitrogens with two attached hydrogens (primary N) is 1. The maximum absolute atomic E-state index is 13.7. The van der Waals surface area contributed by atoms with E-state index in [1.165, 1.54) is 4.90 Å². The van der Waals surface area contributed by atoms with Crippen LogP contribution in [-0.4, -0.2) is 34.6 Å². The van der Waals surface area contributed by atoms with Gasteiger partial charge in [0.25, 0.3) is 5.91 Å². The van der Waals surface area contributed by atoms with Crippen LogP contribution in [-0.2, 0) is 31.3 Å². The van der Waals surface area contributed by atoms with E-state index in [1.807, 2.05) is 49.4 Å². The molecule has 32 heavy (non-hydrogen) atoms. The number of carbonyl (C=O) groups is 4. The van der Waals surface area contributed by atoms with Gasteiger partial charge in [0.15, 0.2) is 0 Å². The zero-order valence-corrected chi connectivity index (χ0v) is 17.5. The molecule has 0 radical (unpaired) electrons. The van der Waals surface area contributed by atoms with Gasteiger partial charge in [0.1, 0.15) is 17.9 Å². The lowest BCUT2D eigenvalue weighted by molar-refractivity contribution is -0.734. The topological polar surface area (TPSA) is 123 Å².